The lowest BCUT2D eigenvalue weighted by molar-refractivity contribution is -0.147. The van der Waals surface area contributed by atoms with Crippen LogP contribution in [0.3, 0.4) is 0 Å². The highest BCUT2D eigenvalue weighted by Gasteiger charge is 2.32. The van der Waals surface area contributed by atoms with E-state index in [4.69, 9.17) is 39.5 Å². The molecule has 2 amide bonds. The summed E-state index contributed by atoms with van der Waals surface area (Å²) in [6.07, 6.45) is 0. The van der Waals surface area contributed by atoms with Crippen molar-refractivity contribution in [3.63, 3.8) is 0 Å². The Morgan fingerprint density at radius 3 is 2.29 bits per heavy atom. The molecule has 1 aliphatic rings. The molecule has 0 bridgehead atoms. The second-order valence-corrected chi connectivity index (χ2v) is 7.09. The Kier molecular flexibility index (Phi) is 5.93. The van der Waals surface area contributed by atoms with Crippen LogP contribution in [0.5, 0.6) is 0 Å². The molecule has 0 spiro atoms. The Morgan fingerprint density at radius 1 is 1.07 bits per heavy atom. The highest BCUT2D eigenvalue weighted by atomic mass is 35.5. The SMILES string of the molecule is C=C1c2ccccc2C(=O)N1CC(=O)OCC(=O)Nc1c(Cl)cc(Cl)cc1Cl. The molecule has 2 aromatic rings. The Labute approximate surface area is 175 Å². The zero-order valence-electron chi connectivity index (χ0n) is 14.3. The molecule has 0 unspecified atom stereocenters. The zero-order chi connectivity index (χ0) is 20.4. The van der Waals surface area contributed by atoms with Gasteiger partial charge in [-0.05, 0) is 18.2 Å². The molecule has 1 heterocycles. The van der Waals surface area contributed by atoms with Crippen LogP contribution in [0.15, 0.2) is 43.0 Å². The van der Waals surface area contributed by atoms with E-state index in [1.54, 1.807) is 24.3 Å². The highest BCUT2D eigenvalue weighted by Crippen LogP contribution is 2.33. The second-order valence-electron chi connectivity index (χ2n) is 5.84. The summed E-state index contributed by atoms with van der Waals surface area (Å²) in [5.41, 5.74) is 1.68. The van der Waals surface area contributed by atoms with E-state index < -0.39 is 18.5 Å². The monoisotopic (exact) mass is 438 g/mol. The molecule has 9 heteroatoms. The number of halogens is 3. The van der Waals surface area contributed by atoms with Gasteiger partial charge in [-0.15, -0.1) is 0 Å². The van der Waals surface area contributed by atoms with Crippen LogP contribution >= 0.6 is 34.8 Å². The molecule has 3 rings (SSSR count). The number of carbonyl (C=O) groups excluding carboxylic acids is 3. The van der Waals surface area contributed by atoms with Gasteiger partial charge in [0.2, 0.25) is 0 Å². The summed E-state index contributed by atoms with van der Waals surface area (Å²) >= 11 is 17.8. The topological polar surface area (TPSA) is 75.7 Å². The number of amides is 2. The third kappa shape index (κ3) is 4.14. The first-order chi connectivity index (χ1) is 13.3. The number of rotatable bonds is 5. The predicted octanol–water partition coefficient (Wildman–Crippen LogP) is 4.26. The molecule has 2 aromatic carbocycles. The van der Waals surface area contributed by atoms with Gasteiger partial charge in [-0.25, -0.2) is 0 Å². The van der Waals surface area contributed by atoms with Crippen LogP contribution in [0.1, 0.15) is 15.9 Å². The first-order valence-electron chi connectivity index (χ1n) is 7.98. The molecule has 144 valence electrons. The number of ether oxygens (including phenoxy) is 1. The fraction of sp³-hybridized carbons (Fsp3) is 0.105. The van der Waals surface area contributed by atoms with Crippen molar-refractivity contribution in [3.05, 3.63) is 69.2 Å². The fourth-order valence-corrected chi connectivity index (χ4v) is 3.57. The Morgan fingerprint density at radius 2 is 1.68 bits per heavy atom. The van der Waals surface area contributed by atoms with E-state index in [0.717, 1.165) is 0 Å². The van der Waals surface area contributed by atoms with Gasteiger partial charge in [0.25, 0.3) is 11.8 Å². The van der Waals surface area contributed by atoms with E-state index in [-0.39, 0.29) is 28.2 Å². The van der Waals surface area contributed by atoms with Crippen molar-refractivity contribution in [1.29, 1.82) is 0 Å². The molecule has 0 atom stereocenters. The number of hydrogen-bond donors (Lipinski definition) is 1. The van der Waals surface area contributed by atoms with Crippen molar-refractivity contribution < 1.29 is 19.1 Å². The van der Waals surface area contributed by atoms with Crippen molar-refractivity contribution >= 4 is 64.0 Å². The van der Waals surface area contributed by atoms with E-state index in [9.17, 15) is 14.4 Å². The van der Waals surface area contributed by atoms with Gasteiger partial charge < -0.3 is 10.1 Å². The minimum absolute atomic E-state index is 0.147. The first kappa shape index (κ1) is 20.2. The van der Waals surface area contributed by atoms with Crippen LogP contribution in [0.2, 0.25) is 15.1 Å². The lowest BCUT2D eigenvalue weighted by Gasteiger charge is -2.16. The van der Waals surface area contributed by atoms with Crippen molar-refractivity contribution in [2.45, 2.75) is 0 Å². The van der Waals surface area contributed by atoms with Gasteiger partial charge in [-0.3, -0.25) is 19.3 Å². The third-order valence-corrected chi connectivity index (χ3v) is 4.78. The minimum Gasteiger partial charge on any atom is -0.454 e. The predicted molar refractivity (Wildman–Crippen MR) is 108 cm³/mol. The van der Waals surface area contributed by atoms with E-state index in [1.165, 1.54) is 17.0 Å². The molecule has 28 heavy (non-hydrogen) atoms. The van der Waals surface area contributed by atoms with E-state index in [0.29, 0.717) is 21.8 Å². The van der Waals surface area contributed by atoms with Crippen LogP contribution in [-0.4, -0.2) is 35.8 Å². The summed E-state index contributed by atoms with van der Waals surface area (Å²) < 4.78 is 4.94. The van der Waals surface area contributed by atoms with Crippen molar-refractivity contribution in [2.24, 2.45) is 0 Å². The van der Waals surface area contributed by atoms with Crippen molar-refractivity contribution in [3.8, 4) is 0 Å². The molecule has 0 aromatic heterocycles. The van der Waals surface area contributed by atoms with Gasteiger partial charge in [-0.2, -0.15) is 0 Å². The van der Waals surface area contributed by atoms with Crippen molar-refractivity contribution in [1.82, 2.24) is 4.90 Å². The molecule has 0 fully saturated rings. The molecule has 6 nitrogen and oxygen atoms in total. The smallest absolute Gasteiger partial charge is 0.326 e. The molecule has 0 saturated carbocycles. The quantitative estimate of drug-likeness (QED) is 0.707. The molecular weight excluding hydrogens is 427 g/mol. The summed E-state index contributed by atoms with van der Waals surface area (Å²) in [7, 11) is 0. The van der Waals surface area contributed by atoms with E-state index in [1.807, 2.05) is 0 Å². The largest absolute Gasteiger partial charge is 0.454 e. The Bertz CT molecular complexity index is 948. The maximum atomic E-state index is 12.4. The van der Waals surface area contributed by atoms with Gasteiger partial charge in [0.05, 0.1) is 15.7 Å². The van der Waals surface area contributed by atoms with E-state index >= 15 is 0 Å². The zero-order valence-corrected chi connectivity index (χ0v) is 16.6. The summed E-state index contributed by atoms with van der Waals surface area (Å²) in [6, 6.07) is 9.73. The summed E-state index contributed by atoms with van der Waals surface area (Å²) in [6.45, 7) is 2.90. The molecule has 0 radical (unpaired) electrons. The number of nitrogens with one attached hydrogen (secondary N) is 1. The van der Waals surface area contributed by atoms with Crippen LogP contribution in [0, 0.1) is 0 Å². The molecule has 0 aliphatic carbocycles. The normalized spacial score (nSPS) is 12.8. The van der Waals surface area contributed by atoms with Crippen LogP contribution < -0.4 is 5.32 Å². The van der Waals surface area contributed by atoms with Crippen LogP contribution in [0.25, 0.3) is 5.70 Å². The lowest BCUT2D eigenvalue weighted by atomic mass is 10.1. The van der Waals surface area contributed by atoms with Gasteiger partial charge in [0.15, 0.2) is 6.61 Å². The lowest BCUT2D eigenvalue weighted by Crippen LogP contribution is -2.32. The number of nitrogens with zero attached hydrogens (tertiary/aromatic N) is 1. The third-order valence-electron chi connectivity index (χ3n) is 3.96. The summed E-state index contributed by atoms with van der Waals surface area (Å²) in [5.74, 6) is -1.75. The number of anilines is 1. The molecular formula is C19H13Cl3N2O4. The Hall–Kier alpha value is -2.54. The highest BCUT2D eigenvalue weighted by molar-refractivity contribution is 6.42. The molecule has 1 aliphatic heterocycles. The molecule has 1 N–H and O–H groups in total. The number of fused-ring (bicyclic) bond motifs is 1. The minimum atomic E-state index is -0.759. The van der Waals surface area contributed by atoms with Gasteiger partial charge in [0.1, 0.15) is 6.54 Å². The van der Waals surface area contributed by atoms with E-state index in [2.05, 4.69) is 11.9 Å². The maximum absolute atomic E-state index is 12.4. The average Bonchev–Trinajstić information content (AvgIpc) is 2.88. The van der Waals surface area contributed by atoms with Crippen LogP contribution in [0.4, 0.5) is 5.69 Å². The summed E-state index contributed by atoms with van der Waals surface area (Å²) in [5, 5.41) is 3.06. The standard InChI is InChI=1S/C19H13Cl3N2O4/c1-10-12-4-2-3-5-13(12)19(27)24(10)8-17(26)28-9-16(25)23-18-14(21)6-11(20)7-15(18)22/h2-7H,1,8-9H2,(H,23,25). The average molecular weight is 440 g/mol. The van der Waals surface area contributed by atoms with Crippen LogP contribution in [-0.2, 0) is 14.3 Å². The number of esters is 1. The van der Waals surface area contributed by atoms with Crippen molar-refractivity contribution in [2.75, 3.05) is 18.5 Å². The van der Waals surface area contributed by atoms with Gasteiger partial charge >= 0.3 is 5.97 Å². The van der Waals surface area contributed by atoms with Gasteiger partial charge in [0, 0.05) is 21.8 Å². The fourth-order valence-electron chi connectivity index (χ4n) is 2.66. The first-order valence-corrected chi connectivity index (χ1v) is 9.11. The number of hydrogen-bond acceptors (Lipinski definition) is 4. The second kappa shape index (κ2) is 8.22. The number of carbonyl (C=O) groups is 3. The maximum Gasteiger partial charge on any atom is 0.326 e. The molecule has 0 saturated heterocycles. The Balaban J connectivity index is 1.56. The number of benzene rings is 2. The van der Waals surface area contributed by atoms with Gasteiger partial charge in [-0.1, -0.05) is 59.6 Å². The summed E-state index contributed by atoms with van der Waals surface area (Å²) in [4.78, 5) is 37.7.